The third kappa shape index (κ3) is 3.83. The van der Waals surface area contributed by atoms with Crippen molar-refractivity contribution in [2.75, 3.05) is 20.4 Å². The number of ether oxygens (including phenoxy) is 1. The van der Waals surface area contributed by atoms with E-state index in [0.717, 1.165) is 12.8 Å². The van der Waals surface area contributed by atoms with Crippen LogP contribution in [0.2, 0.25) is 0 Å². The lowest BCUT2D eigenvalue weighted by molar-refractivity contribution is 0.0700. The molecule has 1 aliphatic carbocycles. The highest BCUT2D eigenvalue weighted by molar-refractivity contribution is 7.91. The lowest BCUT2D eigenvalue weighted by Crippen LogP contribution is -2.49. The molecule has 0 aliphatic heterocycles. The van der Waals surface area contributed by atoms with E-state index >= 15 is 0 Å². The monoisotopic (exact) mass is 343 g/mol. The number of nitrogens with zero attached hydrogens (tertiary/aromatic N) is 1. The molecule has 1 fully saturated rings. The van der Waals surface area contributed by atoms with Gasteiger partial charge in [-0.05, 0) is 31.0 Å². The van der Waals surface area contributed by atoms with Gasteiger partial charge in [0.05, 0.1) is 12.4 Å². The van der Waals surface area contributed by atoms with Gasteiger partial charge in [-0.25, -0.2) is 12.8 Å². The Morgan fingerprint density at radius 3 is 2.57 bits per heavy atom. The zero-order valence-corrected chi connectivity index (χ0v) is 14.4. The number of carbonyl (C=O) groups is 1. The fourth-order valence-corrected chi connectivity index (χ4v) is 4.65. The molecule has 0 spiro atoms. The summed E-state index contributed by atoms with van der Waals surface area (Å²) >= 11 is 0. The van der Waals surface area contributed by atoms with E-state index in [9.17, 15) is 17.6 Å². The van der Waals surface area contributed by atoms with E-state index in [1.807, 2.05) is 0 Å². The Bertz CT molecular complexity index is 689. The topological polar surface area (TPSA) is 63.7 Å². The highest BCUT2D eigenvalue weighted by Gasteiger charge is 2.37. The summed E-state index contributed by atoms with van der Waals surface area (Å²) in [4.78, 5) is 14.1. The summed E-state index contributed by atoms with van der Waals surface area (Å²) in [6, 6.07) is 3.54. The molecule has 0 unspecified atom stereocenters. The van der Waals surface area contributed by atoms with Crippen LogP contribution in [0.4, 0.5) is 4.39 Å². The minimum atomic E-state index is -3.23. The molecule has 23 heavy (non-hydrogen) atoms. The molecule has 0 bridgehead atoms. The number of amides is 1. The van der Waals surface area contributed by atoms with Crippen molar-refractivity contribution >= 4 is 15.7 Å². The van der Waals surface area contributed by atoms with Gasteiger partial charge in [-0.1, -0.05) is 12.8 Å². The normalized spacial score (nSPS) is 21.7. The van der Waals surface area contributed by atoms with Gasteiger partial charge in [-0.15, -0.1) is 0 Å². The maximum atomic E-state index is 13.5. The molecule has 5 nitrogen and oxygen atoms in total. The number of benzene rings is 1. The molecule has 0 N–H and O–H groups in total. The number of carbonyl (C=O) groups excluding carboxylic acids is 1. The molecule has 1 aliphatic rings. The molecule has 1 amide bonds. The molecule has 1 aromatic carbocycles. The highest BCUT2D eigenvalue weighted by atomic mass is 32.2. The van der Waals surface area contributed by atoms with E-state index in [-0.39, 0.29) is 23.3 Å². The Morgan fingerprint density at radius 1 is 1.30 bits per heavy atom. The second-order valence-electron chi connectivity index (χ2n) is 5.99. The van der Waals surface area contributed by atoms with Crippen LogP contribution < -0.4 is 4.74 Å². The Kier molecular flexibility index (Phi) is 5.29. The van der Waals surface area contributed by atoms with Crippen LogP contribution in [0, 0.1) is 5.82 Å². The first kappa shape index (κ1) is 17.7. The third-order valence-electron chi connectivity index (χ3n) is 4.43. The Labute approximate surface area is 136 Å². The molecule has 0 heterocycles. The summed E-state index contributed by atoms with van der Waals surface area (Å²) < 4.78 is 42.4. The lowest BCUT2D eigenvalue weighted by Gasteiger charge is -2.37. The minimum Gasteiger partial charge on any atom is -0.494 e. The van der Waals surface area contributed by atoms with Gasteiger partial charge >= 0.3 is 0 Å². The standard InChI is InChI=1S/C16H22FNO4S/c1-18(13-6-4-5-7-15(13)23(3,20)21)16(19)11-8-9-12(17)14(10-11)22-2/h8-10,13,15H,4-7H2,1-3H3/t13-,15-/m0/s1. The largest absolute Gasteiger partial charge is 0.494 e. The van der Waals surface area contributed by atoms with Gasteiger partial charge in [0.2, 0.25) is 0 Å². The number of sulfone groups is 1. The summed E-state index contributed by atoms with van der Waals surface area (Å²) in [5, 5.41) is -0.549. The summed E-state index contributed by atoms with van der Waals surface area (Å²) in [6.07, 6.45) is 4.17. The van der Waals surface area contributed by atoms with Crippen LogP contribution in [0.3, 0.4) is 0 Å². The van der Waals surface area contributed by atoms with Gasteiger partial charge in [-0.3, -0.25) is 4.79 Å². The summed E-state index contributed by atoms with van der Waals surface area (Å²) in [5.74, 6) is -0.880. The summed E-state index contributed by atoms with van der Waals surface area (Å²) in [7, 11) is -0.300. The number of rotatable bonds is 4. The molecular weight excluding hydrogens is 321 g/mol. The quantitative estimate of drug-likeness (QED) is 0.841. The lowest BCUT2D eigenvalue weighted by atomic mass is 9.93. The smallest absolute Gasteiger partial charge is 0.254 e. The molecule has 1 aromatic rings. The van der Waals surface area contributed by atoms with E-state index in [4.69, 9.17) is 4.74 Å². The molecule has 128 valence electrons. The third-order valence-corrected chi connectivity index (χ3v) is 6.08. The van der Waals surface area contributed by atoms with Crippen molar-refractivity contribution in [3.8, 4) is 5.75 Å². The molecule has 1 saturated carbocycles. The van der Waals surface area contributed by atoms with Crippen molar-refractivity contribution in [1.29, 1.82) is 0 Å². The predicted octanol–water partition coefficient (Wildman–Crippen LogP) is 2.26. The Balaban J connectivity index is 2.27. The second-order valence-corrected chi connectivity index (χ2v) is 8.25. The van der Waals surface area contributed by atoms with Gasteiger partial charge in [-0.2, -0.15) is 0 Å². The fraction of sp³-hybridized carbons (Fsp3) is 0.562. The Morgan fingerprint density at radius 2 is 1.96 bits per heavy atom. The van der Waals surface area contributed by atoms with Crippen molar-refractivity contribution in [1.82, 2.24) is 4.90 Å². The van der Waals surface area contributed by atoms with Gasteiger partial charge in [0.15, 0.2) is 21.4 Å². The van der Waals surface area contributed by atoms with Gasteiger partial charge < -0.3 is 9.64 Å². The van der Waals surface area contributed by atoms with Crippen molar-refractivity contribution in [2.45, 2.75) is 37.0 Å². The zero-order valence-electron chi connectivity index (χ0n) is 13.6. The first-order valence-electron chi connectivity index (χ1n) is 7.55. The van der Waals surface area contributed by atoms with E-state index in [1.54, 1.807) is 7.05 Å². The van der Waals surface area contributed by atoms with Gasteiger partial charge in [0.25, 0.3) is 5.91 Å². The second kappa shape index (κ2) is 6.86. The first-order chi connectivity index (χ1) is 10.8. The van der Waals surface area contributed by atoms with Crippen LogP contribution in [-0.4, -0.2) is 50.9 Å². The van der Waals surface area contributed by atoms with E-state index in [2.05, 4.69) is 0 Å². The molecule has 0 aromatic heterocycles. The van der Waals surface area contributed by atoms with Crippen LogP contribution >= 0.6 is 0 Å². The van der Waals surface area contributed by atoms with Gasteiger partial charge in [0, 0.05) is 24.9 Å². The summed E-state index contributed by atoms with van der Waals surface area (Å²) in [6.45, 7) is 0. The van der Waals surface area contributed by atoms with E-state index in [1.165, 1.54) is 36.5 Å². The number of hydrogen-bond acceptors (Lipinski definition) is 4. The van der Waals surface area contributed by atoms with Crippen molar-refractivity contribution in [3.63, 3.8) is 0 Å². The average molecular weight is 343 g/mol. The number of halogens is 1. The highest BCUT2D eigenvalue weighted by Crippen LogP contribution is 2.29. The number of methoxy groups -OCH3 is 1. The van der Waals surface area contributed by atoms with Gasteiger partial charge in [0.1, 0.15) is 0 Å². The van der Waals surface area contributed by atoms with Crippen molar-refractivity contribution in [3.05, 3.63) is 29.6 Å². The molecule has 0 radical (unpaired) electrons. The molecular formula is C16H22FNO4S. The van der Waals surface area contributed by atoms with E-state index in [0.29, 0.717) is 12.8 Å². The maximum absolute atomic E-state index is 13.5. The SMILES string of the molecule is COc1cc(C(=O)N(C)[C@H]2CCCC[C@@H]2S(C)(=O)=O)ccc1F. The first-order valence-corrected chi connectivity index (χ1v) is 9.50. The van der Waals surface area contributed by atoms with Crippen molar-refractivity contribution < 1.29 is 22.3 Å². The van der Waals surface area contributed by atoms with Crippen LogP contribution in [0.15, 0.2) is 18.2 Å². The van der Waals surface area contributed by atoms with Crippen molar-refractivity contribution in [2.24, 2.45) is 0 Å². The van der Waals surface area contributed by atoms with Crippen LogP contribution in [0.1, 0.15) is 36.0 Å². The predicted molar refractivity (Wildman–Crippen MR) is 85.9 cm³/mol. The molecule has 7 heteroatoms. The zero-order chi connectivity index (χ0) is 17.2. The van der Waals surface area contributed by atoms with Crippen LogP contribution in [-0.2, 0) is 9.84 Å². The number of hydrogen-bond donors (Lipinski definition) is 0. The van der Waals surface area contributed by atoms with E-state index < -0.39 is 20.9 Å². The fourth-order valence-electron chi connectivity index (χ4n) is 3.17. The molecule has 2 rings (SSSR count). The Hall–Kier alpha value is -1.63. The maximum Gasteiger partial charge on any atom is 0.254 e. The average Bonchev–Trinajstić information content (AvgIpc) is 2.53. The van der Waals surface area contributed by atoms with Crippen LogP contribution in [0.25, 0.3) is 0 Å². The van der Waals surface area contributed by atoms with Crippen LogP contribution in [0.5, 0.6) is 5.75 Å². The minimum absolute atomic E-state index is 0.00689. The molecule has 2 atom stereocenters. The molecule has 0 saturated heterocycles. The summed E-state index contributed by atoms with van der Waals surface area (Å²) in [5.41, 5.74) is 0.281.